The molecule has 0 aromatic rings. The van der Waals surface area contributed by atoms with E-state index >= 15 is 0 Å². The summed E-state index contributed by atoms with van der Waals surface area (Å²) in [5.74, 6) is -0.772. The molecule has 0 unspecified atom stereocenters. The van der Waals surface area contributed by atoms with Crippen LogP contribution in [0.3, 0.4) is 0 Å². The van der Waals surface area contributed by atoms with Crippen molar-refractivity contribution in [1.82, 2.24) is 4.90 Å². The van der Waals surface area contributed by atoms with Crippen LogP contribution in [0.2, 0.25) is 0 Å². The van der Waals surface area contributed by atoms with Gasteiger partial charge in [-0.15, -0.1) is 0 Å². The van der Waals surface area contributed by atoms with Gasteiger partial charge in [-0.05, 0) is 45.4 Å². The maximum atomic E-state index is 11.4. The van der Waals surface area contributed by atoms with Crippen molar-refractivity contribution in [3.8, 4) is 0 Å². The van der Waals surface area contributed by atoms with Gasteiger partial charge >= 0.3 is 0 Å². The molecule has 90 valence electrons. The van der Waals surface area contributed by atoms with Crippen LogP contribution in [0, 0.1) is 5.92 Å². The van der Waals surface area contributed by atoms with E-state index in [1.54, 1.807) is 0 Å². The Kier molecular flexibility index (Phi) is 4.87. The summed E-state index contributed by atoms with van der Waals surface area (Å²) in [5.41, 5.74) is 0.752. The minimum atomic E-state index is -0.595. The first-order chi connectivity index (χ1) is 7.52. The van der Waals surface area contributed by atoms with E-state index in [1.807, 2.05) is 0 Å². The number of hydrogen-bond donors (Lipinski definition) is 0. The molecule has 0 aromatic carbocycles. The van der Waals surface area contributed by atoms with Crippen molar-refractivity contribution in [3.05, 3.63) is 12.2 Å². The van der Waals surface area contributed by atoms with Crippen LogP contribution < -0.4 is 0 Å². The predicted molar refractivity (Wildman–Crippen MR) is 64.3 cm³/mol. The van der Waals surface area contributed by atoms with Gasteiger partial charge in [0, 0.05) is 6.54 Å². The lowest BCUT2D eigenvalue weighted by molar-refractivity contribution is -0.128. The zero-order valence-corrected chi connectivity index (χ0v) is 10.3. The largest absolute Gasteiger partial charge is 0.299 e. The fourth-order valence-electron chi connectivity index (χ4n) is 2.36. The second kappa shape index (κ2) is 5.94. The van der Waals surface area contributed by atoms with Crippen molar-refractivity contribution in [3.63, 3.8) is 0 Å². The number of rotatable bonds is 5. The summed E-state index contributed by atoms with van der Waals surface area (Å²) < 4.78 is 0. The number of Topliss-reactive ketones (excluding diaryl/α,β-unsaturated/α-hetero) is 2. The van der Waals surface area contributed by atoms with E-state index in [9.17, 15) is 9.59 Å². The van der Waals surface area contributed by atoms with Crippen LogP contribution >= 0.6 is 0 Å². The Labute approximate surface area is 97.5 Å². The molecule has 0 aliphatic carbocycles. The molecule has 0 saturated carbocycles. The maximum absolute atomic E-state index is 11.4. The molecule has 1 saturated heterocycles. The summed E-state index contributed by atoms with van der Waals surface area (Å²) in [6, 6.07) is 0. The molecule has 1 rings (SSSR count). The lowest BCUT2D eigenvalue weighted by atomic mass is 9.92. The number of piperidine rings is 1. The van der Waals surface area contributed by atoms with Gasteiger partial charge in [0.15, 0.2) is 0 Å². The number of nitrogens with zero attached hydrogens (tertiary/aromatic N) is 1. The van der Waals surface area contributed by atoms with Crippen LogP contribution in [0.1, 0.15) is 33.1 Å². The van der Waals surface area contributed by atoms with Crippen molar-refractivity contribution in [1.29, 1.82) is 0 Å². The molecule has 0 radical (unpaired) electrons. The first-order valence-electron chi connectivity index (χ1n) is 5.93. The van der Waals surface area contributed by atoms with Gasteiger partial charge in [0.25, 0.3) is 0 Å². The molecule has 3 heteroatoms. The molecule has 0 amide bonds. The normalized spacial score (nSPS) is 17.4. The molecule has 0 spiro atoms. The fraction of sp³-hybridized carbons (Fsp3) is 0.692. The third-order valence-corrected chi connectivity index (χ3v) is 3.10. The Morgan fingerprint density at radius 2 is 1.62 bits per heavy atom. The SMILES string of the molecule is C=C(CN1CCCCC1)C(C(C)=O)C(C)=O. The quantitative estimate of drug-likeness (QED) is 0.527. The topological polar surface area (TPSA) is 37.4 Å². The standard InChI is InChI=1S/C13H21NO2/c1-10(13(11(2)15)12(3)16)9-14-7-5-4-6-8-14/h13H,1,4-9H2,2-3H3. The maximum Gasteiger partial charge on any atom is 0.144 e. The first-order valence-corrected chi connectivity index (χ1v) is 5.93. The molecule has 0 aromatic heterocycles. The monoisotopic (exact) mass is 223 g/mol. The minimum Gasteiger partial charge on any atom is -0.299 e. The predicted octanol–water partition coefficient (Wildman–Crippen LogP) is 1.82. The minimum absolute atomic E-state index is 0.0884. The summed E-state index contributed by atoms with van der Waals surface area (Å²) in [4.78, 5) is 25.0. The number of ketones is 2. The third-order valence-electron chi connectivity index (χ3n) is 3.10. The van der Waals surface area contributed by atoms with E-state index in [0.29, 0.717) is 6.54 Å². The Balaban J connectivity index is 2.54. The molecule has 1 aliphatic rings. The molecular formula is C13H21NO2. The van der Waals surface area contributed by atoms with Crippen LogP contribution in [-0.2, 0) is 9.59 Å². The van der Waals surface area contributed by atoms with Gasteiger partial charge in [0.05, 0.1) is 5.92 Å². The third kappa shape index (κ3) is 3.56. The number of likely N-dealkylation sites (tertiary alicyclic amines) is 1. The Hall–Kier alpha value is -0.960. The van der Waals surface area contributed by atoms with E-state index in [4.69, 9.17) is 0 Å². The summed E-state index contributed by atoms with van der Waals surface area (Å²) in [7, 11) is 0. The summed E-state index contributed by atoms with van der Waals surface area (Å²) in [6.45, 7) is 9.64. The van der Waals surface area contributed by atoms with E-state index in [-0.39, 0.29) is 11.6 Å². The molecule has 16 heavy (non-hydrogen) atoms. The van der Waals surface area contributed by atoms with Crippen molar-refractivity contribution < 1.29 is 9.59 Å². The summed E-state index contributed by atoms with van der Waals surface area (Å²) in [6.07, 6.45) is 3.70. The van der Waals surface area contributed by atoms with Gasteiger partial charge in [-0.3, -0.25) is 14.5 Å². The van der Waals surface area contributed by atoms with E-state index in [1.165, 1.54) is 33.1 Å². The number of carbonyl (C=O) groups excluding carboxylic acids is 2. The second-order valence-corrected chi connectivity index (χ2v) is 4.65. The highest BCUT2D eigenvalue weighted by molar-refractivity contribution is 6.03. The van der Waals surface area contributed by atoms with Crippen LogP contribution in [0.25, 0.3) is 0 Å². The zero-order chi connectivity index (χ0) is 12.1. The van der Waals surface area contributed by atoms with Gasteiger partial charge in [-0.2, -0.15) is 0 Å². The lowest BCUT2D eigenvalue weighted by Crippen LogP contribution is -2.35. The van der Waals surface area contributed by atoms with Crippen molar-refractivity contribution >= 4 is 11.6 Å². The van der Waals surface area contributed by atoms with Crippen LogP contribution in [0.15, 0.2) is 12.2 Å². The molecule has 3 nitrogen and oxygen atoms in total. The highest BCUT2D eigenvalue weighted by Crippen LogP contribution is 2.16. The van der Waals surface area contributed by atoms with E-state index in [2.05, 4.69) is 11.5 Å². The van der Waals surface area contributed by atoms with Crippen molar-refractivity contribution in [2.45, 2.75) is 33.1 Å². The molecule has 0 bridgehead atoms. The first kappa shape index (κ1) is 13.1. The molecule has 0 N–H and O–H groups in total. The van der Waals surface area contributed by atoms with Gasteiger partial charge in [0.1, 0.15) is 11.6 Å². The van der Waals surface area contributed by atoms with Gasteiger partial charge in [-0.25, -0.2) is 0 Å². The van der Waals surface area contributed by atoms with Gasteiger partial charge in [-0.1, -0.05) is 13.0 Å². The fourth-order valence-corrected chi connectivity index (χ4v) is 2.36. The van der Waals surface area contributed by atoms with Gasteiger partial charge in [0.2, 0.25) is 0 Å². The van der Waals surface area contributed by atoms with E-state index < -0.39 is 5.92 Å². The molecule has 1 heterocycles. The number of carbonyl (C=O) groups is 2. The molecular weight excluding hydrogens is 202 g/mol. The Morgan fingerprint density at radius 3 is 2.06 bits per heavy atom. The van der Waals surface area contributed by atoms with Crippen molar-refractivity contribution in [2.24, 2.45) is 5.92 Å². The smallest absolute Gasteiger partial charge is 0.144 e. The average molecular weight is 223 g/mol. The highest BCUT2D eigenvalue weighted by Gasteiger charge is 2.24. The summed E-state index contributed by atoms with van der Waals surface area (Å²) in [5, 5.41) is 0. The Morgan fingerprint density at radius 1 is 1.12 bits per heavy atom. The van der Waals surface area contributed by atoms with Crippen LogP contribution in [0.5, 0.6) is 0 Å². The van der Waals surface area contributed by atoms with Crippen LogP contribution in [-0.4, -0.2) is 36.1 Å². The Bertz CT molecular complexity index is 276. The average Bonchev–Trinajstić information content (AvgIpc) is 2.17. The zero-order valence-electron chi connectivity index (χ0n) is 10.3. The molecule has 1 aliphatic heterocycles. The lowest BCUT2D eigenvalue weighted by Gasteiger charge is -2.28. The van der Waals surface area contributed by atoms with Crippen LogP contribution in [0.4, 0.5) is 0 Å². The van der Waals surface area contributed by atoms with Crippen molar-refractivity contribution in [2.75, 3.05) is 19.6 Å². The second-order valence-electron chi connectivity index (χ2n) is 4.65. The molecule has 0 atom stereocenters. The van der Waals surface area contributed by atoms with E-state index in [0.717, 1.165) is 18.7 Å². The number of hydrogen-bond acceptors (Lipinski definition) is 3. The molecule has 1 fully saturated rings. The highest BCUT2D eigenvalue weighted by atomic mass is 16.1. The van der Waals surface area contributed by atoms with Gasteiger partial charge < -0.3 is 0 Å². The summed E-state index contributed by atoms with van der Waals surface area (Å²) >= 11 is 0.